The van der Waals surface area contributed by atoms with Gasteiger partial charge in [0.05, 0.1) is 22.7 Å². The highest BCUT2D eigenvalue weighted by Crippen LogP contribution is 2.39. The molecule has 1 aromatic heterocycles. The Morgan fingerprint density at radius 1 is 1.28 bits per heavy atom. The molecule has 0 saturated heterocycles. The topological polar surface area (TPSA) is 94.8 Å². The minimum Gasteiger partial charge on any atom is -0.454 e. The first kappa shape index (κ1) is 18.9. The molecule has 1 N–H and O–H groups in total. The van der Waals surface area contributed by atoms with E-state index in [1.807, 2.05) is 13.8 Å². The molecule has 1 aliphatic rings. The van der Waals surface area contributed by atoms with Gasteiger partial charge in [-0.25, -0.2) is 10.1 Å². The van der Waals surface area contributed by atoms with Crippen LogP contribution in [-0.2, 0) is 0 Å². The molecule has 0 aliphatic carbocycles. The number of aromatic nitrogens is 2. The van der Waals surface area contributed by atoms with E-state index in [2.05, 4.69) is 15.6 Å². The summed E-state index contributed by atoms with van der Waals surface area (Å²) in [4.78, 5) is 25.3. The second kappa shape index (κ2) is 7.56. The third-order valence-corrected chi connectivity index (χ3v) is 4.64. The Balaban J connectivity index is 1.63. The Morgan fingerprint density at radius 2 is 2.03 bits per heavy atom. The predicted octanol–water partition coefficient (Wildman–Crippen LogP) is 3.12. The Hall–Kier alpha value is -3.39. The number of hydrogen-bond acceptors (Lipinski definition) is 6. The van der Waals surface area contributed by atoms with Gasteiger partial charge in [-0.2, -0.15) is 10.2 Å². The third-order valence-electron chi connectivity index (χ3n) is 4.36. The summed E-state index contributed by atoms with van der Waals surface area (Å²) in [6.45, 7) is 3.76. The van der Waals surface area contributed by atoms with Gasteiger partial charge in [-0.15, -0.1) is 0 Å². The van der Waals surface area contributed by atoms with Gasteiger partial charge in [0.1, 0.15) is 0 Å². The van der Waals surface area contributed by atoms with Crippen molar-refractivity contribution in [2.45, 2.75) is 19.9 Å². The van der Waals surface area contributed by atoms with Gasteiger partial charge in [0.15, 0.2) is 17.2 Å². The Kier molecular flexibility index (Phi) is 4.94. The second-order valence-electron chi connectivity index (χ2n) is 6.67. The Labute approximate surface area is 170 Å². The highest BCUT2D eigenvalue weighted by atomic mass is 35.5. The number of fused-ring (bicyclic) bond motifs is 2. The zero-order valence-corrected chi connectivity index (χ0v) is 16.4. The van der Waals surface area contributed by atoms with Crippen LogP contribution in [-0.4, -0.2) is 28.7 Å². The molecule has 0 atom stereocenters. The van der Waals surface area contributed by atoms with Crippen molar-refractivity contribution >= 4 is 34.5 Å². The first-order chi connectivity index (χ1) is 14.0. The number of amides is 1. The molecule has 4 rings (SSSR count). The van der Waals surface area contributed by atoms with E-state index in [4.69, 9.17) is 21.1 Å². The number of benzene rings is 2. The minimum atomic E-state index is -0.529. The summed E-state index contributed by atoms with van der Waals surface area (Å²) in [5.74, 6) is 0.472. The van der Waals surface area contributed by atoms with Crippen LogP contribution in [0.25, 0.3) is 10.8 Å². The lowest BCUT2D eigenvalue weighted by molar-refractivity contribution is 0.0949. The van der Waals surface area contributed by atoms with E-state index in [1.165, 1.54) is 10.9 Å². The van der Waals surface area contributed by atoms with Crippen molar-refractivity contribution in [1.82, 2.24) is 15.2 Å². The number of hydrazone groups is 1. The largest absolute Gasteiger partial charge is 0.454 e. The van der Waals surface area contributed by atoms with Gasteiger partial charge < -0.3 is 9.47 Å². The Bertz CT molecular complexity index is 1200. The smallest absolute Gasteiger partial charge is 0.292 e. The average molecular weight is 413 g/mol. The molecule has 1 aliphatic heterocycles. The van der Waals surface area contributed by atoms with E-state index in [9.17, 15) is 9.59 Å². The first-order valence-electron chi connectivity index (χ1n) is 8.90. The molecule has 29 heavy (non-hydrogen) atoms. The van der Waals surface area contributed by atoms with Crippen molar-refractivity contribution in [2.24, 2.45) is 5.10 Å². The van der Waals surface area contributed by atoms with Gasteiger partial charge in [0, 0.05) is 5.39 Å². The lowest BCUT2D eigenvalue weighted by atomic mass is 10.1. The van der Waals surface area contributed by atoms with Crippen LogP contribution in [0.5, 0.6) is 11.5 Å². The molecule has 1 amide bonds. The number of nitrogens with one attached hydrogen (secondary N) is 1. The summed E-state index contributed by atoms with van der Waals surface area (Å²) in [5, 5.41) is 9.51. The van der Waals surface area contributed by atoms with Crippen LogP contribution in [0.15, 0.2) is 46.3 Å². The van der Waals surface area contributed by atoms with Crippen LogP contribution < -0.4 is 20.5 Å². The molecule has 0 fully saturated rings. The molecule has 0 spiro atoms. The number of rotatable bonds is 4. The average Bonchev–Trinajstić information content (AvgIpc) is 3.17. The third kappa shape index (κ3) is 3.54. The summed E-state index contributed by atoms with van der Waals surface area (Å²) >= 11 is 6.14. The highest BCUT2D eigenvalue weighted by Gasteiger charge is 2.19. The van der Waals surface area contributed by atoms with E-state index < -0.39 is 5.91 Å². The molecule has 0 radical (unpaired) electrons. The number of carbonyl (C=O) groups excluding carboxylic acids is 1. The molecule has 2 heterocycles. The number of carbonyl (C=O) groups is 1. The zero-order valence-electron chi connectivity index (χ0n) is 15.7. The fraction of sp³-hybridized carbons (Fsp3) is 0.200. The quantitative estimate of drug-likeness (QED) is 0.524. The van der Waals surface area contributed by atoms with Crippen molar-refractivity contribution < 1.29 is 14.3 Å². The zero-order chi connectivity index (χ0) is 20.5. The standard InChI is InChI=1S/C20H17ClN4O4/c1-11(2)25-20(27)14-6-4-3-5-13(14)17(24-25)19(26)23-22-9-12-7-15(21)18-16(8-12)28-10-29-18/h3-9,11H,10H2,1-2H3,(H,23,26)/b22-9-. The summed E-state index contributed by atoms with van der Waals surface area (Å²) in [7, 11) is 0. The molecular formula is C20H17ClN4O4. The number of nitrogens with zero attached hydrogens (tertiary/aromatic N) is 3. The molecular weight excluding hydrogens is 396 g/mol. The maximum atomic E-state index is 12.7. The van der Waals surface area contributed by atoms with Gasteiger partial charge in [0.2, 0.25) is 6.79 Å². The molecule has 0 bridgehead atoms. The van der Waals surface area contributed by atoms with Gasteiger partial charge in [-0.3, -0.25) is 9.59 Å². The van der Waals surface area contributed by atoms with Gasteiger partial charge >= 0.3 is 0 Å². The van der Waals surface area contributed by atoms with Crippen LogP contribution in [0.3, 0.4) is 0 Å². The van der Waals surface area contributed by atoms with Crippen LogP contribution in [0.1, 0.15) is 35.9 Å². The van der Waals surface area contributed by atoms with E-state index in [1.54, 1.807) is 36.4 Å². The fourth-order valence-electron chi connectivity index (χ4n) is 3.00. The van der Waals surface area contributed by atoms with Crippen LogP contribution in [0.2, 0.25) is 5.02 Å². The van der Waals surface area contributed by atoms with Crippen LogP contribution >= 0.6 is 11.6 Å². The maximum absolute atomic E-state index is 12.7. The van der Waals surface area contributed by atoms with E-state index in [-0.39, 0.29) is 24.1 Å². The summed E-state index contributed by atoms with van der Waals surface area (Å²) in [6.07, 6.45) is 1.44. The van der Waals surface area contributed by atoms with Crippen molar-refractivity contribution in [3.05, 3.63) is 63.0 Å². The molecule has 3 aromatic rings. The molecule has 8 nitrogen and oxygen atoms in total. The van der Waals surface area contributed by atoms with Crippen LogP contribution in [0, 0.1) is 0 Å². The lowest BCUT2D eigenvalue weighted by Crippen LogP contribution is -2.30. The van der Waals surface area contributed by atoms with Crippen molar-refractivity contribution in [1.29, 1.82) is 0 Å². The van der Waals surface area contributed by atoms with Gasteiger partial charge in [0.25, 0.3) is 11.5 Å². The maximum Gasteiger partial charge on any atom is 0.292 e. The molecule has 2 aromatic carbocycles. The second-order valence-corrected chi connectivity index (χ2v) is 7.08. The predicted molar refractivity (Wildman–Crippen MR) is 109 cm³/mol. The number of ether oxygens (including phenoxy) is 2. The highest BCUT2D eigenvalue weighted by molar-refractivity contribution is 6.32. The molecule has 9 heteroatoms. The number of hydrogen-bond donors (Lipinski definition) is 1. The fourth-order valence-corrected chi connectivity index (χ4v) is 3.28. The summed E-state index contributed by atoms with van der Waals surface area (Å²) < 4.78 is 11.9. The van der Waals surface area contributed by atoms with Gasteiger partial charge in [-0.1, -0.05) is 29.8 Å². The molecule has 0 unspecified atom stereocenters. The first-order valence-corrected chi connectivity index (χ1v) is 9.27. The van der Waals surface area contributed by atoms with E-state index in [0.717, 1.165) is 0 Å². The minimum absolute atomic E-state index is 0.108. The van der Waals surface area contributed by atoms with E-state index in [0.29, 0.717) is 32.9 Å². The molecule has 0 saturated carbocycles. The normalized spacial score (nSPS) is 12.8. The van der Waals surface area contributed by atoms with E-state index >= 15 is 0 Å². The SMILES string of the molecule is CC(C)n1nc(C(=O)N/N=C\c2cc(Cl)c3c(c2)OCO3)c2ccccc2c1=O. The Morgan fingerprint density at radius 3 is 2.79 bits per heavy atom. The lowest BCUT2D eigenvalue weighted by Gasteiger charge is -2.12. The number of halogens is 1. The molecule has 148 valence electrons. The van der Waals surface area contributed by atoms with Gasteiger partial charge in [-0.05, 0) is 37.6 Å². The summed E-state index contributed by atoms with van der Waals surface area (Å²) in [6, 6.07) is 10.0. The van der Waals surface area contributed by atoms with Crippen molar-refractivity contribution in [3.8, 4) is 11.5 Å². The van der Waals surface area contributed by atoms with Crippen molar-refractivity contribution in [3.63, 3.8) is 0 Å². The summed E-state index contributed by atoms with van der Waals surface area (Å²) in [5.41, 5.74) is 2.95. The van der Waals surface area contributed by atoms with Crippen molar-refractivity contribution in [2.75, 3.05) is 6.79 Å². The monoisotopic (exact) mass is 412 g/mol. The van der Waals surface area contributed by atoms with Crippen LogP contribution in [0.4, 0.5) is 0 Å².